The number of rotatable bonds is 3. The van der Waals surface area contributed by atoms with Crippen molar-refractivity contribution in [2.75, 3.05) is 13.1 Å². The number of nitrogens with one attached hydrogen (secondary N) is 1. The summed E-state index contributed by atoms with van der Waals surface area (Å²) in [7, 11) is 1.88. The van der Waals surface area contributed by atoms with E-state index in [0.29, 0.717) is 5.56 Å². The molecule has 1 aliphatic carbocycles. The first-order valence-corrected chi connectivity index (χ1v) is 8.89. The van der Waals surface area contributed by atoms with E-state index in [0.717, 1.165) is 54.4 Å². The molecule has 0 spiro atoms. The molecule has 24 heavy (non-hydrogen) atoms. The summed E-state index contributed by atoms with van der Waals surface area (Å²) < 4.78 is 1.77. The van der Waals surface area contributed by atoms with Crippen molar-refractivity contribution in [1.82, 2.24) is 25.0 Å². The Balaban J connectivity index is 1.49. The molecular formula is C18H25N5O. The maximum Gasteiger partial charge on any atom is 0.253 e. The Morgan fingerprint density at radius 1 is 1.17 bits per heavy atom. The van der Waals surface area contributed by atoms with Crippen molar-refractivity contribution >= 4 is 16.9 Å². The molecule has 1 aliphatic heterocycles. The molecule has 0 bridgehead atoms. The lowest BCUT2D eigenvalue weighted by molar-refractivity contribution is 0.0908. The lowest BCUT2D eigenvalue weighted by atomic mass is 10.0. The number of carbonyl (C=O) groups excluding carboxylic acids is 1. The van der Waals surface area contributed by atoms with Crippen LogP contribution >= 0.6 is 0 Å². The van der Waals surface area contributed by atoms with Gasteiger partial charge < -0.3 is 10.2 Å². The molecule has 1 saturated heterocycles. The van der Waals surface area contributed by atoms with Crippen molar-refractivity contribution in [1.29, 1.82) is 0 Å². The Morgan fingerprint density at radius 2 is 1.88 bits per heavy atom. The first kappa shape index (κ1) is 15.6. The summed E-state index contributed by atoms with van der Waals surface area (Å²) in [4.78, 5) is 19.9. The fourth-order valence-corrected chi connectivity index (χ4v) is 3.77. The summed E-state index contributed by atoms with van der Waals surface area (Å²) in [6, 6.07) is 3.04. The van der Waals surface area contributed by atoms with Crippen molar-refractivity contribution in [2.24, 2.45) is 7.05 Å². The number of amides is 1. The first-order valence-electron chi connectivity index (χ1n) is 8.89. The fraction of sp³-hybridized carbons (Fsp3) is 0.611. The molecule has 1 saturated carbocycles. The second-order valence-electron chi connectivity index (χ2n) is 7.22. The molecule has 1 N–H and O–H groups in total. The molecule has 2 aromatic rings. The van der Waals surface area contributed by atoms with Gasteiger partial charge in [-0.3, -0.25) is 9.48 Å². The van der Waals surface area contributed by atoms with E-state index in [1.54, 1.807) is 4.68 Å². The number of piperidine rings is 1. The quantitative estimate of drug-likeness (QED) is 0.936. The molecular weight excluding hydrogens is 302 g/mol. The van der Waals surface area contributed by atoms with Crippen molar-refractivity contribution in [3.8, 4) is 0 Å². The highest BCUT2D eigenvalue weighted by molar-refractivity contribution is 5.98. The lowest BCUT2D eigenvalue weighted by Crippen LogP contribution is -2.45. The van der Waals surface area contributed by atoms with E-state index in [9.17, 15) is 4.79 Å². The first-order chi connectivity index (χ1) is 11.5. The molecule has 6 nitrogen and oxygen atoms in total. The van der Waals surface area contributed by atoms with E-state index >= 15 is 0 Å². The highest BCUT2D eigenvalue weighted by atomic mass is 16.1. The van der Waals surface area contributed by atoms with E-state index in [1.165, 1.54) is 12.8 Å². The Morgan fingerprint density at radius 3 is 2.54 bits per heavy atom. The van der Waals surface area contributed by atoms with Crippen molar-refractivity contribution in [2.45, 2.75) is 51.6 Å². The Hall–Kier alpha value is -1.95. The fourth-order valence-electron chi connectivity index (χ4n) is 3.77. The van der Waals surface area contributed by atoms with Crippen molar-refractivity contribution in [3.05, 3.63) is 23.0 Å². The number of likely N-dealkylation sites (tertiary alicyclic amines) is 1. The van der Waals surface area contributed by atoms with Gasteiger partial charge in [0.25, 0.3) is 5.91 Å². The number of carbonyl (C=O) groups is 1. The molecule has 0 unspecified atom stereocenters. The molecule has 2 aromatic heterocycles. The van der Waals surface area contributed by atoms with Crippen molar-refractivity contribution < 1.29 is 4.79 Å². The summed E-state index contributed by atoms with van der Waals surface area (Å²) in [6.45, 7) is 6.06. The SMILES string of the molecule is Cc1nc2c(cc1C(=O)NC1CCN(C3CC3)CC1)c(C)nn2C. The van der Waals surface area contributed by atoms with Gasteiger partial charge in [-0.15, -0.1) is 0 Å². The normalized spacial score (nSPS) is 19.8. The topological polar surface area (TPSA) is 63.1 Å². The third-order valence-electron chi connectivity index (χ3n) is 5.36. The van der Waals surface area contributed by atoms with Crippen LogP contribution in [0.2, 0.25) is 0 Å². The number of fused-ring (bicyclic) bond motifs is 1. The second-order valence-corrected chi connectivity index (χ2v) is 7.22. The summed E-state index contributed by atoms with van der Waals surface area (Å²) in [5, 5.41) is 8.56. The van der Waals surface area contributed by atoms with Crippen LogP contribution in [-0.2, 0) is 7.05 Å². The number of hydrogen-bond acceptors (Lipinski definition) is 4. The molecule has 128 valence electrons. The van der Waals surface area contributed by atoms with Crippen LogP contribution in [0, 0.1) is 13.8 Å². The predicted octanol–water partition coefficient (Wildman–Crippen LogP) is 1.94. The van der Waals surface area contributed by atoms with Gasteiger partial charge in [-0.1, -0.05) is 0 Å². The van der Waals surface area contributed by atoms with Gasteiger partial charge in [-0.25, -0.2) is 4.98 Å². The van der Waals surface area contributed by atoms with Gasteiger partial charge >= 0.3 is 0 Å². The minimum atomic E-state index is -0.00461. The van der Waals surface area contributed by atoms with Gasteiger partial charge in [0.15, 0.2) is 5.65 Å². The lowest BCUT2D eigenvalue weighted by Gasteiger charge is -2.32. The third-order valence-corrected chi connectivity index (χ3v) is 5.36. The standard InChI is InChI=1S/C18H25N5O/c1-11-16(10-15-12(2)21-22(3)17(15)19-11)18(24)20-13-6-8-23(9-7-13)14-4-5-14/h10,13-14H,4-9H2,1-3H3,(H,20,24). The van der Waals surface area contributed by atoms with Crippen LogP contribution < -0.4 is 5.32 Å². The van der Waals surface area contributed by atoms with Crippen molar-refractivity contribution in [3.63, 3.8) is 0 Å². The summed E-state index contributed by atoms with van der Waals surface area (Å²) in [6.07, 6.45) is 4.80. The molecule has 6 heteroatoms. The average Bonchev–Trinajstić information content (AvgIpc) is 3.36. The van der Waals surface area contributed by atoms with Gasteiger partial charge in [-0.05, 0) is 45.6 Å². The maximum absolute atomic E-state index is 12.7. The van der Waals surface area contributed by atoms with E-state index in [1.807, 2.05) is 27.0 Å². The second kappa shape index (κ2) is 5.84. The van der Waals surface area contributed by atoms with Crippen LogP contribution in [0.15, 0.2) is 6.07 Å². The molecule has 2 aliphatic rings. The number of aryl methyl sites for hydroxylation is 3. The molecule has 0 aromatic carbocycles. The van der Waals surface area contributed by atoms with Gasteiger partial charge in [0, 0.05) is 37.6 Å². The number of pyridine rings is 1. The van der Waals surface area contributed by atoms with Gasteiger partial charge in [0.1, 0.15) is 0 Å². The van der Waals surface area contributed by atoms with E-state index in [2.05, 4.69) is 20.3 Å². The Kier molecular flexibility index (Phi) is 3.79. The summed E-state index contributed by atoms with van der Waals surface area (Å²) in [5.74, 6) is -0.00461. The predicted molar refractivity (Wildman–Crippen MR) is 93.1 cm³/mol. The van der Waals surface area contributed by atoms with E-state index < -0.39 is 0 Å². The molecule has 4 rings (SSSR count). The number of nitrogens with zero attached hydrogens (tertiary/aromatic N) is 4. The monoisotopic (exact) mass is 327 g/mol. The van der Waals surface area contributed by atoms with E-state index in [-0.39, 0.29) is 11.9 Å². The molecule has 3 heterocycles. The Bertz CT molecular complexity index is 784. The maximum atomic E-state index is 12.7. The zero-order valence-corrected chi connectivity index (χ0v) is 14.7. The average molecular weight is 327 g/mol. The van der Waals surface area contributed by atoms with Gasteiger partial charge in [-0.2, -0.15) is 5.10 Å². The smallest absolute Gasteiger partial charge is 0.253 e. The molecule has 0 atom stereocenters. The molecule has 0 radical (unpaired) electrons. The summed E-state index contributed by atoms with van der Waals surface area (Å²) in [5.41, 5.74) is 3.17. The van der Waals surface area contributed by atoms with Crippen LogP contribution in [0.25, 0.3) is 11.0 Å². The van der Waals surface area contributed by atoms with Gasteiger partial charge in [0.05, 0.1) is 17.0 Å². The minimum Gasteiger partial charge on any atom is -0.349 e. The van der Waals surface area contributed by atoms with Gasteiger partial charge in [0.2, 0.25) is 0 Å². The number of hydrogen-bond donors (Lipinski definition) is 1. The number of aromatic nitrogens is 3. The largest absolute Gasteiger partial charge is 0.349 e. The molecule has 2 fully saturated rings. The summed E-state index contributed by atoms with van der Waals surface area (Å²) >= 11 is 0. The molecule has 1 amide bonds. The zero-order chi connectivity index (χ0) is 16.8. The highest BCUT2D eigenvalue weighted by Crippen LogP contribution is 2.29. The zero-order valence-electron chi connectivity index (χ0n) is 14.7. The van der Waals surface area contributed by atoms with E-state index in [4.69, 9.17) is 0 Å². The van der Waals surface area contributed by atoms with Crippen LogP contribution in [0.4, 0.5) is 0 Å². The van der Waals surface area contributed by atoms with Crippen LogP contribution in [0.3, 0.4) is 0 Å². The highest BCUT2D eigenvalue weighted by Gasteiger charge is 2.32. The minimum absolute atomic E-state index is 0.00461. The Labute approximate surface area is 142 Å². The van der Waals surface area contributed by atoms with Crippen LogP contribution in [-0.4, -0.2) is 50.7 Å². The van der Waals surface area contributed by atoms with Crippen LogP contribution in [0.5, 0.6) is 0 Å². The third kappa shape index (κ3) is 2.79. The van der Waals surface area contributed by atoms with Crippen LogP contribution in [0.1, 0.15) is 47.4 Å².